The first kappa shape index (κ1) is 23.4. The molecule has 4 atom stereocenters. The van der Waals surface area contributed by atoms with Crippen LogP contribution < -0.4 is 5.32 Å². The van der Waals surface area contributed by atoms with Crippen molar-refractivity contribution in [3.63, 3.8) is 0 Å². The molecule has 1 aliphatic heterocycles. The number of anilines is 1. The zero-order chi connectivity index (χ0) is 22.2. The van der Waals surface area contributed by atoms with Crippen molar-refractivity contribution in [1.82, 2.24) is 4.90 Å². The molecule has 3 amide bonds. The number of halogens is 3. The van der Waals surface area contributed by atoms with Gasteiger partial charge in [-0.3, -0.25) is 24.1 Å². The lowest BCUT2D eigenvalue weighted by Gasteiger charge is -2.29. The molecule has 0 unspecified atom stereocenters. The molecule has 1 saturated heterocycles. The van der Waals surface area contributed by atoms with Gasteiger partial charge in [0.2, 0.25) is 11.8 Å². The van der Waals surface area contributed by atoms with Crippen molar-refractivity contribution in [2.24, 2.45) is 11.8 Å². The van der Waals surface area contributed by atoms with Gasteiger partial charge in [0.05, 0.1) is 11.8 Å². The molecule has 1 aromatic carbocycles. The highest BCUT2D eigenvalue weighted by Crippen LogP contribution is 2.43. The fourth-order valence-corrected chi connectivity index (χ4v) is 5.42. The standard InChI is InChI=1S/C20H21Br3N2O5/c1-9-10(2)16(4-3-13(9)21)24-17(26)8-30-18(27)7-25-19(28)11-5-14(22)15(23)6-12(11)20(25)29/h3-4,11-12,14-15H,5-8H2,1-2H3,(H,24,26)/t11-,12-,14-,15+/m1/s1. The minimum absolute atomic E-state index is 0.0943. The molecule has 0 bridgehead atoms. The Morgan fingerprint density at radius 1 is 1.07 bits per heavy atom. The largest absolute Gasteiger partial charge is 0.454 e. The van der Waals surface area contributed by atoms with Crippen LogP contribution in [-0.4, -0.2) is 51.4 Å². The zero-order valence-electron chi connectivity index (χ0n) is 16.4. The summed E-state index contributed by atoms with van der Waals surface area (Å²) < 4.78 is 5.93. The van der Waals surface area contributed by atoms with Crippen LogP contribution >= 0.6 is 47.8 Å². The number of fused-ring (bicyclic) bond motifs is 1. The topological polar surface area (TPSA) is 92.8 Å². The van der Waals surface area contributed by atoms with Crippen molar-refractivity contribution >= 4 is 77.2 Å². The van der Waals surface area contributed by atoms with Crippen molar-refractivity contribution < 1.29 is 23.9 Å². The summed E-state index contributed by atoms with van der Waals surface area (Å²) in [7, 11) is 0. The molecule has 7 nitrogen and oxygen atoms in total. The average Bonchev–Trinajstić information content (AvgIpc) is 2.92. The summed E-state index contributed by atoms with van der Waals surface area (Å²) in [5, 5.41) is 2.70. The molecule has 0 aromatic heterocycles. The van der Waals surface area contributed by atoms with Crippen LogP contribution in [0.25, 0.3) is 0 Å². The third kappa shape index (κ3) is 4.80. The Balaban J connectivity index is 1.53. The van der Waals surface area contributed by atoms with Gasteiger partial charge in [-0.1, -0.05) is 47.8 Å². The van der Waals surface area contributed by atoms with Crippen molar-refractivity contribution in [3.05, 3.63) is 27.7 Å². The maximum atomic E-state index is 12.6. The number of hydrogen-bond donors (Lipinski definition) is 1. The number of alkyl halides is 2. The Hall–Kier alpha value is -1.26. The van der Waals surface area contributed by atoms with Gasteiger partial charge in [-0.25, -0.2) is 0 Å². The van der Waals surface area contributed by atoms with Crippen molar-refractivity contribution in [2.75, 3.05) is 18.5 Å². The van der Waals surface area contributed by atoms with Crippen molar-refractivity contribution in [1.29, 1.82) is 0 Å². The molecule has 0 spiro atoms. The van der Waals surface area contributed by atoms with Crippen LogP contribution in [0.5, 0.6) is 0 Å². The van der Waals surface area contributed by atoms with Gasteiger partial charge in [-0.2, -0.15) is 0 Å². The SMILES string of the molecule is Cc1c(Br)ccc(NC(=O)COC(=O)CN2C(=O)[C@@H]3C[C@@H](Br)[C@@H](Br)C[C@H]3C2=O)c1C. The summed E-state index contributed by atoms with van der Waals surface area (Å²) in [6.45, 7) is 2.82. The van der Waals surface area contributed by atoms with E-state index in [1.54, 1.807) is 6.07 Å². The number of nitrogens with zero attached hydrogens (tertiary/aromatic N) is 1. The van der Waals surface area contributed by atoms with Crippen molar-refractivity contribution in [2.45, 2.75) is 36.3 Å². The molecular weight excluding hydrogens is 588 g/mol. The smallest absolute Gasteiger partial charge is 0.326 e. The minimum atomic E-state index is -0.792. The van der Waals surface area contributed by atoms with Gasteiger partial charge >= 0.3 is 5.97 Å². The monoisotopic (exact) mass is 606 g/mol. The average molecular weight is 609 g/mol. The zero-order valence-corrected chi connectivity index (χ0v) is 21.2. The summed E-state index contributed by atoms with van der Waals surface area (Å²) >= 11 is 10.5. The summed E-state index contributed by atoms with van der Waals surface area (Å²) in [5.41, 5.74) is 2.52. The van der Waals surface area contributed by atoms with Gasteiger partial charge in [0.1, 0.15) is 6.54 Å². The van der Waals surface area contributed by atoms with Gasteiger partial charge < -0.3 is 10.1 Å². The van der Waals surface area contributed by atoms with E-state index in [2.05, 4.69) is 53.1 Å². The first-order chi connectivity index (χ1) is 14.1. The fraction of sp³-hybridized carbons (Fsp3) is 0.500. The highest BCUT2D eigenvalue weighted by atomic mass is 79.9. The third-order valence-corrected chi connectivity index (χ3v) is 9.24. The molecule has 10 heteroatoms. The quantitative estimate of drug-likeness (QED) is 0.314. The van der Waals surface area contributed by atoms with Crippen LogP contribution in [0.3, 0.4) is 0 Å². The fourth-order valence-electron chi connectivity index (χ4n) is 3.75. The molecule has 1 N–H and O–H groups in total. The second kappa shape index (κ2) is 9.48. The van der Waals surface area contributed by atoms with Crippen molar-refractivity contribution in [3.8, 4) is 0 Å². The summed E-state index contributed by atoms with van der Waals surface area (Å²) in [6, 6.07) is 3.58. The van der Waals surface area contributed by atoms with E-state index in [0.29, 0.717) is 18.5 Å². The number of rotatable bonds is 5. The maximum absolute atomic E-state index is 12.6. The van der Waals surface area contributed by atoms with Gasteiger partial charge in [-0.15, -0.1) is 0 Å². The van der Waals surface area contributed by atoms with Gasteiger partial charge in [-0.05, 0) is 49.9 Å². The Morgan fingerprint density at radius 2 is 1.63 bits per heavy atom. The molecule has 2 aliphatic rings. The molecule has 30 heavy (non-hydrogen) atoms. The molecule has 2 fully saturated rings. The highest BCUT2D eigenvalue weighted by molar-refractivity contribution is 9.12. The second-order valence-corrected chi connectivity index (χ2v) is 10.7. The number of benzene rings is 1. The molecule has 1 saturated carbocycles. The molecule has 162 valence electrons. The highest BCUT2D eigenvalue weighted by Gasteiger charge is 2.52. The Labute approximate surface area is 199 Å². The van der Waals surface area contributed by atoms with E-state index < -0.39 is 36.9 Å². The van der Waals surface area contributed by atoms with Crippen LogP contribution in [0.15, 0.2) is 16.6 Å². The lowest BCUT2D eigenvalue weighted by atomic mass is 9.81. The van der Waals surface area contributed by atoms with Gasteiger partial charge in [0.15, 0.2) is 6.61 Å². The Kier molecular flexibility index (Phi) is 7.40. The van der Waals surface area contributed by atoms with E-state index in [1.165, 1.54) is 0 Å². The lowest BCUT2D eigenvalue weighted by molar-refractivity contribution is -0.154. The summed E-state index contributed by atoms with van der Waals surface area (Å²) in [4.78, 5) is 50.7. The van der Waals surface area contributed by atoms with E-state index in [-0.39, 0.29) is 21.5 Å². The number of amides is 3. The first-order valence-corrected chi connectivity index (χ1v) is 12.1. The Bertz CT molecular complexity index is 879. The van der Waals surface area contributed by atoms with Crippen LogP contribution in [0, 0.1) is 25.7 Å². The molecule has 3 rings (SSSR count). The maximum Gasteiger partial charge on any atom is 0.326 e. The number of imide groups is 1. The number of esters is 1. The molecule has 0 radical (unpaired) electrons. The number of hydrogen-bond acceptors (Lipinski definition) is 5. The van der Waals surface area contributed by atoms with Gasteiger partial charge in [0, 0.05) is 19.8 Å². The molecule has 1 aliphatic carbocycles. The second-order valence-electron chi connectivity index (χ2n) is 7.53. The van der Waals surface area contributed by atoms with Crippen LogP contribution in [0.1, 0.15) is 24.0 Å². The first-order valence-electron chi connectivity index (χ1n) is 9.44. The minimum Gasteiger partial charge on any atom is -0.454 e. The van der Waals surface area contributed by atoms with Crippen LogP contribution in [0.4, 0.5) is 5.69 Å². The Morgan fingerprint density at radius 3 is 2.20 bits per heavy atom. The normalized spacial score (nSPS) is 25.8. The predicted molar refractivity (Wildman–Crippen MR) is 122 cm³/mol. The number of ether oxygens (including phenoxy) is 1. The number of nitrogens with one attached hydrogen (secondary N) is 1. The van der Waals surface area contributed by atoms with E-state index >= 15 is 0 Å². The van der Waals surface area contributed by atoms with Gasteiger partial charge in [0.25, 0.3) is 5.91 Å². The summed E-state index contributed by atoms with van der Waals surface area (Å²) in [6.07, 6.45) is 1.07. The van der Waals surface area contributed by atoms with E-state index in [1.807, 2.05) is 19.9 Å². The van der Waals surface area contributed by atoms with Crippen LogP contribution in [0.2, 0.25) is 0 Å². The number of likely N-dealkylation sites (tertiary alicyclic amines) is 1. The van der Waals surface area contributed by atoms with E-state index in [9.17, 15) is 19.2 Å². The van der Waals surface area contributed by atoms with Crippen LogP contribution in [-0.2, 0) is 23.9 Å². The predicted octanol–water partition coefficient (Wildman–Crippen LogP) is 3.47. The van der Waals surface area contributed by atoms with E-state index in [0.717, 1.165) is 20.5 Å². The lowest BCUT2D eigenvalue weighted by Crippen LogP contribution is -2.37. The number of carbonyl (C=O) groups excluding carboxylic acids is 4. The third-order valence-electron chi connectivity index (χ3n) is 5.65. The van der Waals surface area contributed by atoms with E-state index in [4.69, 9.17) is 4.74 Å². The molecular formula is C20H21Br3N2O5. The molecule has 1 heterocycles. The summed E-state index contributed by atoms with van der Waals surface area (Å²) in [5.74, 6) is -2.83. The number of carbonyl (C=O) groups is 4. The molecule has 1 aromatic rings.